The Morgan fingerprint density at radius 1 is 1.20 bits per heavy atom. The summed E-state index contributed by atoms with van der Waals surface area (Å²) < 4.78 is 76.1. The first-order chi connectivity index (χ1) is 13.8. The molecule has 0 saturated heterocycles. The average molecular weight is 431 g/mol. The largest absolute Gasteiger partial charge is 0.507 e. The predicted molar refractivity (Wildman–Crippen MR) is 106 cm³/mol. The van der Waals surface area contributed by atoms with E-state index in [2.05, 4.69) is 18.2 Å². The molecule has 1 N–H and O–H groups in total. The molecule has 30 heavy (non-hydrogen) atoms. The Morgan fingerprint density at radius 3 is 2.33 bits per heavy atom. The zero-order chi connectivity index (χ0) is 23.1. The van der Waals surface area contributed by atoms with Gasteiger partial charge in [-0.1, -0.05) is 43.9 Å². The third-order valence-electron chi connectivity index (χ3n) is 4.13. The number of hydrogen-bond acceptors (Lipinski definition) is 2. The minimum Gasteiger partial charge on any atom is -0.507 e. The molecule has 0 aliphatic carbocycles. The quantitative estimate of drug-likeness (QED) is 0.203. The summed E-state index contributed by atoms with van der Waals surface area (Å²) in [5, 5.41) is 10.1. The van der Waals surface area contributed by atoms with Crippen LogP contribution in [0.25, 0.3) is 0 Å². The monoisotopic (exact) mass is 431 g/mol. The second-order valence-corrected chi connectivity index (χ2v) is 6.54. The van der Waals surface area contributed by atoms with Crippen LogP contribution in [0.4, 0.5) is 26.3 Å². The summed E-state index contributed by atoms with van der Waals surface area (Å²) in [6.07, 6.45) is -5.39. The van der Waals surface area contributed by atoms with Crippen molar-refractivity contribution in [2.75, 3.05) is 0 Å². The number of phenolic OH excluding ortho intramolecular Hbond substituents is 1. The number of aliphatic imine (C=N–C) groups is 1. The number of hydrogen-bond donors (Lipinski definition) is 1. The van der Waals surface area contributed by atoms with Crippen molar-refractivity contribution in [2.24, 2.45) is 10.9 Å². The van der Waals surface area contributed by atoms with Crippen molar-refractivity contribution in [3.05, 3.63) is 78.1 Å². The SMILES string of the molecule is C=CC(C=C/C=C(\C)C(=C)N=C(CC)c1cc(CC(F)(F)F)ccc1O)C(F)(F)F. The van der Waals surface area contributed by atoms with E-state index in [1.807, 2.05) is 0 Å². The molecule has 0 saturated carbocycles. The molecule has 0 aromatic heterocycles. The Balaban J connectivity index is 3.13. The highest BCUT2D eigenvalue weighted by Crippen LogP contribution is 2.29. The van der Waals surface area contributed by atoms with E-state index in [4.69, 9.17) is 0 Å². The molecule has 1 unspecified atom stereocenters. The lowest BCUT2D eigenvalue weighted by molar-refractivity contribution is -0.148. The average Bonchev–Trinajstić information content (AvgIpc) is 2.62. The fraction of sp³-hybridized carbons (Fsp3) is 0.318. The summed E-state index contributed by atoms with van der Waals surface area (Å²) in [5.74, 6) is -2.02. The van der Waals surface area contributed by atoms with Crippen molar-refractivity contribution in [3.8, 4) is 5.75 Å². The van der Waals surface area contributed by atoms with Crippen LogP contribution in [0.3, 0.4) is 0 Å². The second-order valence-electron chi connectivity index (χ2n) is 6.54. The maximum absolute atomic E-state index is 12.7. The summed E-state index contributed by atoms with van der Waals surface area (Å²) in [4.78, 5) is 4.27. The first-order valence-electron chi connectivity index (χ1n) is 8.98. The lowest BCUT2D eigenvalue weighted by Crippen LogP contribution is -2.18. The van der Waals surface area contributed by atoms with Crippen molar-refractivity contribution in [2.45, 2.75) is 39.0 Å². The Bertz CT molecular complexity index is 859. The molecule has 0 bridgehead atoms. The van der Waals surface area contributed by atoms with Gasteiger partial charge in [0.15, 0.2) is 0 Å². The molecule has 164 valence electrons. The minimum absolute atomic E-state index is 0.0279. The molecule has 0 heterocycles. The molecule has 0 spiro atoms. The van der Waals surface area contributed by atoms with E-state index in [1.54, 1.807) is 13.8 Å². The van der Waals surface area contributed by atoms with Gasteiger partial charge in [-0.05, 0) is 36.6 Å². The second kappa shape index (κ2) is 10.3. The van der Waals surface area contributed by atoms with Gasteiger partial charge in [0, 0.05) is 5.56 Å². The van der Waals surface area contributed by atoms with Gasteiger partial charge in [-0.15, -0.1) is 6.58 Å². The minimum atomic E-state index is -4.44. The maximum atomic E-state index is 12.7. The summed E-state index contributed by atoms with van der Waals surface area (Å²) in [6.45, 7) is 10.2. The fourth-order valence-electron chi connectivity index (χ4n) is 2.47. The van der Waals surface area contributed by atoms with E-state index in [0.717, 1.165) is 12.2 Å². The highest BCUT2D eigenvalue weighted by atomic mass is 19.4. The summed E-state index contributed by atoms with van der Waals surface area (Å²) in [6, 6.07) is 3.57. The van der Waals surface area contributed by atoms with Gasteiger partial charge in [-0.25, -0.2) is 0 Å². The van der Waals surface area contributed by atoms with E-state index in [1.165, 1.54) is 30.4 Å². The molecule has 8 heteroatoms. The number of alkyl halides is 6. The first-order valence-corrected chi connectivity index (χ1v) is 8.98. The van der Waals surface area contributed by atoms with Crippen molar-refractivity contribution < 1.29 is 31.4 Å². The maximum Gasteiger partial charge on any atom is 0.398 e. The standard InChI is InChI=1S/C22H23F6NO/c1-5-17(22(26,27)28)9-7-8-14(3)15(4)29-19(6-2)18-12-16(10-11-20(18)30)13-21(23,24)25/h5,7-12,17,30H,1,4,6,13H2,2-3H3/b9-7?,14-8+,29-19?. The van der Waals surface area contributed by atoms with Crippen LogP contribution >= 0.6 is 0 Å². The Labute approximate surface area is 171 Å². The van der Waals surface area contributed by atoms with E-state index in [0.29, 0.717) is 11.3 Å². The van der Waals surface area contributed by atoms with Crippen LogP contribution in [0.15, 0.2) is 71.9 Å². The first kappa shape index (κ1) is 25.3. The highest BCUT2D eigenvalue weighted by Gasteiger charge is 2.35. The van der Waals surface area contributed by atoms with Crippen molar-refractivity contribution in [1.29, 1.82) is 0 Å². The molecule has 1 atom stereocenters. The topological polar surface area (TPSA) is 32.6 Å². The number of aromatic hydroxyl groups is 1. The van der Waals surface area contributed by atoms with Crippen LogP contribution in [0.2, 0.25) is 0 Å². The molecule has 1 rings (SSSR count). The summed E-state index contributed by atoms with van der Waals surface area (Å²) in [5.41, 5.74) is 1.08. The summed E-state index contributed by atoms with van der Waals surface area (Å²) >= 11 is 0. The van der Waals surface area contributed by atoms with Crippen LogP contribution in [-0.4, -0.2) is 23.2 Å². The predicted octanol–water partition coefficient (Wildman–Crippen LogP) is 7.08. The van der Waals surface area contributed by atoms with E-state index in [9.17, 15) is 31.4 Å². The highest BCUT2D eigenvalue weighted by molar-refractivity contribution is 6.03. The molecule has 2 nitrogen and oxygen atoms in total. The lowest BCUT2D eigenvalue weighted by atomic mass is 10.0. The number of phenols is 1. The van der Waals surface area contributed by atoms with Crippen molar-refractivity contribution in [3.63, 3.8) is 0 Å². The number of allylic oxidation sites excluding steroid dienone is 5. The number of nitrogens with zero attached hydrogens (tertiary/aromatic N) is 1. The van der Waals surface area contributed by atoms with Gasteiger partial charge in [-0.2, -0.15) is 26.3 Å². The van der Waals surface area contributed by atoms with Crippen molar-refractivity contribution >= 4 is 5.71 Å². The number of rotatable bonds is 8. The Hall–Kier alpha value is -2.77. The smallest absolute Gasteiger partial charge is 0.398 e. The molecule has 0 radical (unpaired) electrons. The van der Waals surface area contributed by atoms with Gasteiger partial charge in [-0.3, -0.25) is 4.99 Å². The van der Waals surface area contributed by atoms with Gasteiger partial charge in [0.25, 0.3) is 0 Å². The molecule has 1 aromatic rings. The van der Waals surface area contributed by atoms with E-state index < -0.39 is 24.7 Å². The van der Waals surface area contributed by atoms with Gasteiger partial charge >= 0.3 is 12.4 Å². The van der Waals surface area contributed by atoms with Gasteiger partial charge in [0.1, 0.15) is 5.75 Å². The van der Waals surface area contributed by atoms with Crippen LogP contribution in [-0.2, 0) is 6.42 Å². The molecule has 0 fully saturated rings. The van der Waals surface area contributed by atoms with Crippen LogP contribution in [0, 0.1) is 5.92 Å². The molecule has 0 aliphatic rings. The van der Waals surface area contributed by atoms with Gasteiger partial charge in [0.05, 0.1) is 23.7 Å². The normalized spacial score (nSPS) is 14.8. The zero-order valence-corrected chi connectivity index (χ0v) is 16.6. The number of halogens is 6. The molecule has 1 aromatic carbocycles. The van der Waals surface area contributed by atoms with Gasteiger partial charge in [0.2, 0.25) is 0 Å². The zero-order valence-electron chi connectivity index (χ0n) is 16.6. The Morgan fingerprint density at radius 2 is 1.83 bits per heavy atom. The molecular weight excluding hydrogens is 408 g/mol. The third-order valence-corrected chi connectivity index (χ3v) is 4.13. The van der Waals surface area contributed by atoms with Crippen LogP contribution in [0.5, 0.6) is 5.75 Å². The van der Waals surface area contributed by atoms with E-state index >= 15 is 0 Å². The number of benzene rings is 1. The summed E-state index contributed by atoms with van der Waals surface area (Å²) in [7, 11) is 0. The molecule has 0 amide bonds. The van der Waals surface area contributed by atoms with Crippen molar-refractivity contribution in [1.82, 2.24) is 0 Å². The fourth-order valence-corrected chi connectivity index (χ4v) is 2.47. The van der Waals surface area contributed by atoms with Crippen LogP contribution < -0.4 is 0 Å². The Kier molecular flexibility index (Phi) is 8.69. The molecular formula is C22H23F6NO. The van der Waals surface area contributed by atoms with Crippen LogP contribution in [0.1, 0.15) is 31.4 Å². The lowest BCUT2D eigenvalue weighted by Gasteiger charge is -2.12. The molecule has 0 aliphatic heterocycles. The van der Waals surface area contributed by atoms with Gasteiger partial charge < -0.3 is 5.11 Å². The van der Waals surface area contributed by atoms with E-state index in [-0.39, 0.29) is 29.0 Å². The third kappa shape index (κ3) is 7.93.